The molecule has 3 N–H and O–H groups in total. The minimum absolute atomic E-state index is 0.00325. The Hall–Kier alpha value is -3.30. The number of halogens is 2. The number of carbonyl (C=O) groups is 1. The zero-order valence-electron chi connectivity index (χ0n) is 21.8. The summed E-state index contributed by atoms with van der Waals surface area (Å²) in [5.41, 5.74) is 5.02. The number of hydrogen-bond donors (Lipinski definition) is 2. The van der Waals surface area contributed by atoms with Crippen LogP contribution in [-0.2, 0) is 14.3 Å². The smallest absolute Gasteiger partial charge is 0.281 e. The Morgan fingerprint density at radius 2 is 1.79 bits per heavy atom. The molecule has 5 rings (SSSR count). The molecular formula is C24H34F2N10O3. The zero-order valence-corrected chi connectivity index (χ0v) is 21.8. The average molecular weight is 549 g/mol. The molecule has 13 nitrogen and oxygen atoms in total. The third kappa shape index (κ3) is 6.83. The van der Waals surface area contributed by atoms with E-state index >= 15 is 0 Å². The topological polar surface area (TPSA) is 148 Å². The van der Waals surface area contributed by atoms with Gasteiger partial charge in [-0.15, -0.1) is 0 Å². The van der Waals surface area contributed by atoms with E-state index in [-0.39, 0.29) is 29.9 Å². The fraction of sp³-hybridized carbons (Fsp3) is 0.667. The van der Waals surface area contributed by atoms with Crippen molar-refractivity contribution in [2.75, 3.05) is 94.3 Å². The largest absolute Gasteiger partial charge is 0.378 e. The highest BCUT2D eigenvalue weighted by Gasteiger charge is 2.27. The SMILES string of the molecule is Nc1ncc(-c2nc(N3CCOCC3)nc(N3CCN(C(=O)COC[C@@H]4CCCNC4)CC3)n2)c(C(F)F)n1. The van der Waals surface area contributed by atoms with Crippen LogP contribution < -0.4 is 20.9 Å². The normalized spacial score (nSPS) is 20.5. The molecule has 0 saturated carbocycles. The van der Waals surface area contributed by atoms with Crippen molar-refractivity contribution in [2.24, 2.45) is 5.92 Å². The fourth-order valence-electron chi connectivity index (χ4n) is 4.89. The van der Waals surface area contributed by atoms with Crippen molar-refractivity contribution in [3.05, 3.63) is 11.9 Å². The summed E-state index contributed by atoms with van der Waals surface area (Å²) >= 11 is 0. The van der Waals surface area contributed by atoms with Crippen LogP contribution in [-0.4, -0.2) is 115 Å². The van der Waals surface area contributed by atoms with Gasteiger partial charge < -0.3 is 35.2 Å². The number of piperidine rings is 1. The lowest BCUT2D eigenvalue weighted by molar-refractivity contribution is -0.137. The maximum atomic E-state index is 13.8. The molecular weight excluding hydrogens is 514 g/mol. The molecule has 5 heterocycles. The minimum atomic E-state index is -2.89. The zero-order chi connectivity index (χ0) is 27.2. The Kier molecular flexibility index (Phi) is 8.88. The summed E-state index contributed by atoms with van der Waals surface area (Å²) in [6.45, 7) is 6.61. The van der Waals surface area contributed by atoms with Gasteiger partial charge >= 0.3 is 0 Å². The van der Waals surface area contributed by atoms with E-state index in [2.05, 4.69) is 30.2 Å². The highest BCUT2D eigenvalue weighted by atomic mass is 19.3. The molecule has 2 aromatic rings. The Morgan fingerprint density at radius 3 is 2.46 bits per heavy atom. The predicted molar refractivity (Wildman–Crippen MR) is 138 cm³/mol. The predicted octanol–water partition coefficient (Wildman–Crippen LogP) is 0.350. The number of nitrogens with one attached hydrogen (secondary N) is 1. The van der Waals surface area contributed by atoms with Crippen LogP contribution >= 0.6 is 0 Å². The van der Waals surface area contributed by atoms with Gasteiger partial charge in [0.1, 0.15) is 12.3 Å². The van der Waals surface area contributed by atoms with Gasteiger partial charge in [0.2, 0.25) is 23.8 Å². The summed E-state index contributed by atoms with van der Waals surface area (Å²) in [5.74, 6) is 0.882. The number of hydrogen-bond acceptors (Lipinski definition) is 12. The van der Waals surface area contributed by atoms with Gasteiger partial charge in [0.15, 0.2) is 5.82 Å². The number of anilines is 3. The third-order valence-electron chi connectivity index (χ3n) is 7.08. The van der Waals surface area contributed by atoms with E-state index in [9.17, 15) is 13.6 Å². The first-order valence-electron chi connectivity index (χ1n) is 13.3. The van der Waals surface area contributed by atoms with Crippen molar-refractivity contribution >= 4 is 23.8 Å². The minimum Gasteiger partial charge on any atom is -0.378 e. The summed E-state index contributed by atoms with van der Waals surface area (Å²) in [6, 6.07) is 0. The molecule has 3 fully saturated rings. The molecule has 3 aliphatic rings. The third-order valence-corrected chi connectivity index (χ3v) is 7.08. The first-order valence-corrected chi connectivity index (χ1v) is 13.3. The van der Waals surface area contributed by atoms with Crippen molar-refractivity contribution in [3.8, 4) is 11.4 Å². The number of morpholine rings is 1. The Bertz CT molecular complexity index is 1120. The number of carbonyl (C=O) groups excluding carboxylic acids is 1. The number of rotatable bonds is 8. The number of nitrogen functional groups attached to an aromatic ring is 1. The molecule has 0 unspecified atom stereocenters. The van der Waals surface area contributed by atoms with Crippen molar-refractivity contribution in [2.45, 2.75) is 19.3 Å². The van der Waals surface area contributed by atoms with Gasteiger partial charge in [-0.2, -0.15) is 15.0 Å². The summed E-state index contributed by atoms with van der Waals surface area (Å²) in [5, 5.41) is 3.35. The summed E-state index contributed by atoms with van der Waals surface area (Å²) in [4.78, 5) is 39.6. The van der Waals surface area contributed by atoms with Gasteiger partial charge in [-0.25, -0.2) is 18.7 Å². The number of amides is 1. The fourth-order valence-corrected chi connectivity index (χ4v) is 4.89. The van der Waals surface area contributed by atoms with E-state index in [0.717, 1.165) is 25.9 Å². The number of aromatic nitrogens is 5. The van der Waals surface area contributed by atoms with Crippen LogP contribution in [0.15, 0.2) is 6.20 Å². The maximum absolute atomic E-state index is 13.8. The second-order valence-electron chi connectivity index (χ2n) is 9.78. The molecule has 39 heavy (non-hydrogen) atoms. The standard InChI is InChI=1S/C24H34F2N10O3/c25-20(26)19-17(13-29-22(27)30-19)21-31-23(33-24(32-21)36-8-10-38-11-9-36)35-6-4-34(5-7-35)18(37)15-39-14-16-2-1-3-28-12-16/h13,16,20,28H,1-12,14-15H2,(H2,27,29,30)/t16-/m1/s1. The Balaban J connectivity index is 1.29. The van der Waals surface area contributed by atoms with E-state index in [1.54, 1.807) is 4.90 Å². The molecule has 3 aliphatic heterocycles. The molecule has 1 atom stereocenters. The highest BCUT2D eigenvalue weighted by Crippen LogP contribution is 2.30. The second kappa shape index (κ2) is 12.7. The Morgan fingerprint density at radius 1 is 1.08 bits per heavy atom. The van der Waals surface area contributed by atoms with Gasteiger partial charge in [-0.05, 0) is 25.3 Å². The van der Waals surface area contributed by atoms with Crippen LogP contribution in [0.3, 0.4) is 0 Å². The molecule has 2 aromatic heterocycles. The van der Waals surface area contributed by atoms with Crippen LogP contribution in [0, 0.1) is 5.92 Å². The molecule has 0 spiro atoms. The van der Waals surface area contributed by atoms with E-state index in [1.165, 1.54) is 6.20 Å². The molecule has 0 aliphatic carbocycles. The van der Waals surface area contributed by atoms with Crippen LogP contribution in [0.25, 0.3) is 11.4 Å². The number of piperazine rings is 1. The average Bonchev–Trinajstić information content (AvgIpc) is 2.98. The van der Waals surface area contributed by atoms with Crippen LogP contribution in [0.4, 0.5) is 26.6 Å². The molecule has 0 radical (unpaired) electrons. The second-order valence-corrected chi connectivity index (χ2v) is 9.78. The number of nitrogens with zero attached hydrogens (tertiary/aromatic N) is 8. The first-order chi connectivity index (χ1) is 19.0. The molecule has 3 saturated heterocycles. The first kappa shape index (κ1) is 27.3. The highest BCUT2D eigenvalue weighted by molar-refractivity contribution is 5.77. The number of alkyl halides is 2. The van der Waals surface area contributed by atoms with Gasteiger partial charge in [-0.3, -0.25) is 4.79 Å². The molecule has 1 amide bonds. The van der Waals surface area contributed by atoms with Gasteiger partial charge in [-0.1, -0.05) is 0 Å². The maximum Gasteiger partial charge on any atom is 0.281 e. The molecule has 15 heteroatoms. The van der Waals surface area contributed by atoms with E-state index < -0.39 is 12.1 Å². The van der Waals surface area contributed by atoms with Gasteiger partial charge in [0, 0.05) is 52.0 Å². The van der Waals surface area contributed by atoms with E-state index in [1.807, 2.05) is 9.80 Å². The summed E-state index contributed by atoms with van der Waals surface area (Å²) < 4.78 is 38.8. The van der Waals surface area contributed by atoms with Crippen molar-refractivity contribution in [3.63, 3.8) is 0 Å². The van der Waals surface area contributed by atoms with Crippen LogP contribution in [0.5, 0.6) is 0 Å². The monoisotopic (exact) mass is 548 g/mol. The number of nitrogens with two attached hydrogens (primary N) is 1. The molecule has 0 bridgehead atoms. The lowest BCUT2D eigenvalue weighted by atomic mass is 10.0. The van der Waals surface area contributed by atoms with Crippen molar-refractivity contribution < 1.29 is 23.0 Å². The molecule has 0 aromatic carbocycles. The quantitative estimate of drug-likeness (QED) is 0.469. The summed E-state index contributed by atoms with van der Waals surface area (Å²) in [7, 11) is 0. The van der Waals surface area contributed by atoms with Gasteiger partial charge in [0.05, 0.1) is 25.4 Å². The summed E-state index contributed by atoms with van der Waals surface area (Å²) in [6.07, 6.45) is 0.571. The lowest BCUT2D eigenvalue weighted by Gasteiger charge is -2.35. The van der Waals surface area contributed by atoms with Crippen LogP contribution in [0.2, 0.25) is 0 Å². The van der Waals surface area contributed by atoms with E-state index in [4.69, 9.17) is 15.2 Å². The lowest BCUT2D eigenvalue weighted by Crippen LogP contribution is -2.50. The van der Waals surface area contributed by atoms with Crippen molar-refractivity contribution in [1.82, 2.24) is 35.1 Å². The Labute approximate surface area is 225 Å². The van der Waals surface area contributed by atoms with Crippen molar-refractivity contribution in [1.29, 1.82) is 0 Å². The van der Waals surface area contributed by atoms with E-state index in [0.29, 0.717) is 76.9 Å². The molecule has 212 valence electrons. The van der Waals surface area contributed by atoms with Gasteiger partial charge in [0.25, 0.3) is 6.43 Å². The van der Waals surface area contributed by atoms with Crippen LogP contribution in [0.1, 0.15) is 25.0 Å². The number of ether oxygens (including phenoxy) is 2.